The van der Waals surface area contributed by atoms with Crippen molar-refractivity contribution in [1.82, 2.24) is 5.32 Å². The first-order valence-electron chi connectivity index (χ1n) is 7.66. The van der Waals surface area contributed by atoms with E-state index in [4.69, 9.17) is 0 Å². The molecule has 0 radical (unpaired) electrons. The molecule has 2 atom stereocenters. The van der Waals surface area contributed by atoms with E-state index in [0.717, 1.165) is 13.1 Å². The van der Waals surface area contributed by atoms with Gasteiger partial charge >= 0.3 is 0 Å². The third-order valence-electron chi connectivity index (χ3n) is 4.44. The number of nitrogens with zero attached hydrogens (tertiary/aromatic N) is 1. The molecule has 2 nitrogen and oxygen atoms in total. The fourth-order valence-electron chi connectivity index (χ4n) is 3.01. The molecule has 0 aromatic heterocycles. The second-order valence-corrected chi connectivity index (χ2v) is 7.57. The Hall–Kier alpha value is -0.540. The standard InChI is InChI=1S/C17H27BrN2/c1-11(2)15-10-20(17(9-19-15)12(3)4)16-8-14(18)7-6-13(16)5/h6-8,11-12,15,17,19H,9-10H2,1-5H3. The fourth-order valence-corrected chi connectivity index (χ4v) is 3.35. The average molecular weight is 339 g/mol. The number of aryl methyl sites for hydroxylation is 1. The number of anilines is 1. The summed E-state index contributed by atoms with van der Waals surface area (Å²) in [7, 11) is 0. The molecule has 1 fully saturated rings. The van der Waals surface area contributed by atoms with Gasteiger partial charge in [-0.25, -0.2) is 0 Å². The molecule has 1 saturated heterocycles. The highest BCUT2D eigenvalue weighted by molar-refractivity contribution is 9.10. The molecule has 1 N–H and O–H groups in total. The minimum atomic E-state index is 0.568. The smallest absolute Gasteiger partial charge is 0.0438 e. The van der Waals surface area contributed by atoms with E-state index < -0.39 is 0 Å². The van der Waals surface area contributed by atoms with Gasteiger partial charge in [0.25, 0.3) is 0 Å². The topological polar surface area (TPSA) is 15.3 Å². The maximum absolute atomic E-state index is 3.73. The highest BCUT2D eigenvalue weighted by Gasteiger charge is 2.31. The highest BCUT2D eigenvalue weighted by atomic mass is 79.9. The van der Waals surface area contributed by atoms with Crippen molar-refractivity contribution in [3.8, 4) is 0 Å². The van der Waals surface area contributed by atoms with Gasteiger partial charge in [-0.15, -0.1) is 0 Å². The van der Waals surface area contributed by atoms with Crippen molar-refractivity contribution in [2.75, 3.05) is 18.0 Å². The van der Waals surface area contributed by atoms with Crippen LogP contribution in [0, 0.1) is 18.8 Å². The molecule has 2 unspecified atom stereocenters. The lowest BCUT2D eigenvalue weighted by Crippen LogP contribution is -2.60. The Morgan fingerprint density at radius 3 is 2.50 bits per heavy atom. The van der Waals surface area contributed by atoms with E-state index in [1.165, 1.54) is 15.7 Å². The zero-order valence-corrected chi connectivity index (χ0v) is 14.9. The van der Waals surface area contributed by atoms with Crippen molar-refractivity contribution in [1.29, 1.82) is 0 Å². The first-order valence-corrected chi connectivity index (χ1v) is 8.45. The van der Waals surface area contributed by atoms with E-state index >= 15 is 0 Å². The summed E-state index contributed by atoms with van der Waals surface area (Å²) >= 11 is 3.62. The molecule has 0 saturated carbocycles. The Balaban J connectivity index is 2.33. The predicted octanol–water partition coefficient (Wildman–Crippen LogP) is 4.22. The molecule has 1 aromatic rings. The Labute approximate surface area is 132 Å². The second kappa shape index (κ2) is 6.48. The minimum absolute atomic E-state index is 0.568. The van der Waals surface area contributed by atoms with Crippen LogP contribution in [0.1, 0.15) is 33.3 Å². The van der Waals surface area contributed by atoms with Gasteiger partial charge in [0.15, 0.2) is 0 Å². The lowest BCUT2D eigenvalue weighted by molar-refractivity contribution is 0.295. The van der Waals surface area contributed by atoms with Crippen LogP contribution in [0.15, 0.2) is 22.7 Å². The van der Waals surface area contributed by atoms with E-state index in [0.29, 0.717) is 23.9 Å². The molecule has 1 aromatic carbocycles. The lowest BCUT2D eigenvalue weighted by Gasteiger charge is -2.45. The lowest BCUT2D eigenvalue weighted by atomic mass is 9.93. The van der Waals surface area contributed by atoms with Gasteiger partial charge in [0.2, 0.25) is 0 Å². The molecule has 1 heterocycles. The van der Waals surface area contributed by atoms with E-state index in [1.54, 1.807) is 0 Å². The molecule has 3 heteroatoms. The van der Waals surface area contributed by atoms with Crippen LogP contribution in [-0.2, 0) is 0 Å². The Morgan fingerprint density at radius 1 is 1.20 bits per heavy atom. The largest absolute Gasteiger partial charge is 0.365 e. The van der Waals surface area contributed by atoms with Crippen molar-refractivity contribution in [3.05, 3.63) is 28.2 Å². The molecular weight excluding hydrogens is 312 g/mol. The predicted molar refractivity (Wildman–Crippen MR) is 91.5 cm³/mol. The molecule has 0 aliphatic carbocycles. The fraction of sp³-hybridized carbons (Fsp3) is 0.647. The Bertz CT molecular complexity index is 456. The second-order valence-electron chi connectivity index (χ2n) is 6.65. The van der Waals surface area contributed by atoms with E-state index in [-0.39, 0.29) is 0 Å². The summed E-state index contributed by atoms with van der Waals surface area (Å²) < 4.78 is 1.17. The SMILES string of the molecule is Cc1ccc(Br)cc1N1CC(C(C)C)NCC1C(C)C. The number of rotatable bonds is 3. The summed E-state index contributed by atoms with van der Waals surface area (Å²) in [5.41, 5.74) is 2.74. The number of nitrogens with one attached hydrogen (secondary N) is 1. The van der Waals surface area contributed by atoms with Crippen LogP contribution in [0.4, 0.5) is 5.69 Å². The Kier molecular flexibility index (Phi) is 5.14. The van der Waals surface area contributed by atoms with Crippen LogP contribution < -0.4 is 10.2 Å². The molecule has 0 amide bonds. The van der Waals surface area contributed by atoms with Gasteiger partial charge in [-0.2, -0.15) is 0 Å². The maximum Gasteiger partial charge on any atom is 0.0438 e. The molecule has 20 heavy (non-hydrogen) atoms. The highest BCUT2D eigenvalue weighted by Crippen LogP contribution is 2.30. The Morgan fingerprint density at radius 2 is 1.90 bits per heavy atom. The van der Waals surface area contributed by atoms with Crippen LogP contribution in [0.25, 0.3) is 0 Å². The third kappa shape index (κ3) is 3.37. The number of benzene rings is 1. The summed E-state index contributed by atoms with van der Waals surface area (Å²) in [6.07, 6.45) is 0. The van der Waals surface area contributed by atoms with Crippen molar-refractivity contribution >= 4 is 21.6 Å². The van der Waals surface area contributed by atoms with Crippen molar-refractivity contribution in [3.63, 3.8) is 0 Å². The summed E-state index contributed by atoms with van der Waals surface area (Å²) in [5.74, 6) is 1.31. The van der Waals surface area contributed by atoms with Crippen molar-refractivity contribution in [2.24, 2.45) is 11.8 Å². The summed E-state index contributed by atoms with van der Waals surface area (Å²) in [5, 5.41) is 3.73. The monoisotopic (exact) mass is 338 g/mol. The van der Waals surface area contributed by atoms with Crippen LogP contribution in [0.2, 0.25) is 0 Å². The van der Waals surface area contributed by atoms with Crippen molar-refractivity contribution < 1.29 is 0 Å². The van der Waals surface area contributed by atoms with E-state index in [1.807, 2.05) is 0 Å². The van der Waals surface area contributed by atoms with Gasteiger partial charge < -0.3 is 10.2 Å². The zero-order valence-electron chi connectivity index (χ0n) is 13.3. The molecule has 1 aliphatic rings. The number of halogens is 1. The van der Waals surface area contributed by atoms with Crippen molar-refractivity contribution in [2.45, 2.75) is 46.7 Å². The average Bonchev–Trinajstić information content (AvgIpc) is 2.40. The van der Waals surface area contributed by atoms with Gasteiger partial charge in [-0.05, 0) is 36.5 Å². The zero-order chi connectivity index (χ0) is 14.9. The molecule has 2 rings (SSSR count). The van der Waals surface area contributed by atoms with Gasteiger partial charge in [-0.1, -0.05) is 49.7 Å². The van der Waals surface area contributed by atoms with Gasteiger partial charge in [-0.3, -0.25) is 0 Å². The summed E-state index contributed by atoms with van der Waals surface area (Å²) in [6.45, 7) is 13.6. The maximum atomic E-state index is 3.73. The van der Waals surface area contributed by atoms with Gasteiger partial charge in [0.1, 0.15) is 0 Å². The minimum Gasteiger partial charge on any atom is -0.365 e. The van der Waals surface area contributed by atoms with Crippen LogP contribution in [-0.4, -0.2) is 25.2 Å². The van der Waals surface area contributed by atoms with Gasteiger partial charge in [0, 0.05) is 35.3 Å². The van der Waals surface area contributed by atoms with E-state index in [2.05, 4.69) is 79.0 Å². The van der Waals surface area contributed by atoms with Crippen LogP contribution in [0.5, 0.6) is 0 Å². The molecule has 1 aliphatic heterocycles. The van der Waals surface area contributed by atoms with Crippen LogP contribution in [0.3, 0.4) is 0 Å². The molecule has 112 valence electrons. The number of piperazine rings is 1. The first kappa shape index (κ1) is 15.8. The van der Waals surface area contributed by atoms with Crippen LogP contribution >= 0.6 is 15.9 Å². The quantitative estimate of drug-likeness (QED) is 0.887. The summed E-state index contributed by atoms with van der Waals surface area (Å²) in [6, 6.07) is 7.75. The molecule has 0 spiro atoms. The molecule has 0 bridgehead atoms. The summed E-state index contributed by atoms with van der Waals surface area (Å²) in [4.78, 5) is 2.62. The molecular formula is C17H27BrN2. The third-order valence-corrected chi connectivity index (χ3v) is 4.93. The number of hydrogen-bond acceptors (Lipinski definition) is 2. The normalized spacial score (nSPS) is 23.7. The van der Waals surface area contributed by atoms with Gasteiger partial charge in [0.05, 0.1) is 0 Å². The number of hydrogen-bond donors (Lipinski definition) is 1. The first-order chi connectivity index (χ1) is 9.40. The van der Waals surface area contributed by atoms with E-state index in [9.17, 15) is 0 Å².